The van der Waals surface area contributed by atoms with Crippen LogP contribution in [0.1, 0.15) is 17.4 Å². The Kier molecular flexibility index (Phi) is 6.78. The number of para-hydroxylation sites is 1. The summed E-state index contributed by atoms with van der Waals surface area (Å²) < 4.78 is 13.6. The smallest absolute Gasteiger partial charge is 0.247 e. The standard InChI is InChI=1S/C26H21BrN4O2S/c1-2-14-34-26-29-25-23(30-31-26)19-10-6-7-11-21(19)28-24(33-25)20-15-18(27)12-13-22(20)32-16-17-8-4-3-5-9-17/h2-13,15,24,28H,1,14,16H2/t24-/m0/s1. The zero-order valence-corrected chi connectivity index (χ0v) is 20.6. The molecule has 5 rings (SSSR count). The van der Waals surface area contributed by atoms with Crippen molar-refractivity contribution >= 4 is 33.4 Å². The summed E-state index contributed by atoms with van der Waals surface area (Å²) in [6.07, 6.45) is 1.25. The monoisotopic (exact) mass is 532 g/mol. The van der Waals surface area contributed by atoms with Crippen LogP contribution in [0, 0.1) is 0 Å². The van der Waals surface area contributed by atoms with E-state index in [1.807, 2.05) is 72.8 Å². The van der Waals surface area contributed by atoms with Crippen molar-refractivity contribution in [3.63, 3.8) is 0 Å². The van der Waals surface area contributed by atoms with Gasteiger partial charge >= 0.3 is 0 Å². The zero-order valence-electron chi connectivity index (χ0n) is 18.1. The van der Waals surface area contributed by atoms with Crippen LogP contribution in [-0.4, -0.2) is 20.9 Å². The van der Waals surface area contributed by atoms with Crippen molar-refractivity contribution in [3.8, 4) is 22.9 Å². The first-order valence-electron chi connectivity index (χ1n) is 10.7. The molecule has 0 radical (unpaired) electrons. The van der Waals surface area contributed by atoms with Gasteiger partial charge in [0.05, 0.1) is 5.56 Å². The zero-order chi connectivity index (χ0) is 23.3. The molecular weight excluding hydrogens is 512 g/mol. The predicted molar refractivity (Wildman–Crippen MR) is 138 cm³/mol. The van der Waals surface area contributed by atoms with E-state index in [-0.39, 0.29) is 0 Å². The summed E-state index contributed by atoms with van der Waals surface area (Å²) in [5.41, 5.74) is 4.27. The van der Waals surface area contributed by atoms with Gasteiger partial charge < -0.3 is 14.8 Å². The van der Waals surface area contributed by atoms with E-state index >= 15 is 0 Å². The van der Waals surface area contributed by atoms with Crippen LogP contribution in [-0.2, 0) is 6.61 Å². The van der Waals surface area contributed by atoms with E-state index in [4.69, 9.17) is 9.47 Å². The second-order valence-electron chi connectivity index (χ2n) is 7.49. The number of fused-ring (bicyclic) bond motifs is 3. The average Bonchev–Trinajstić information content (AvgIpc) is 3.04. The third-order valence-electron chi connectivity index (χ3n) is 5.16. The Morgan fingerprint density at radius 1 is 1.06 bits per heavy atom. The summed E-state index contributed by atoms with van der Waals surface area (Å²) in [5.74, 6) is 1.81. The van der Waals surface area contributed by atoms with Crippen LogP contribution in [0.5, 0.6) is 11.6 Å². The first-order valence-corrected chi connectivity index (χ1v) is 12.5. The predicted octanol–water partition coefficient (Wildman–Crippen LogP) is 6.66. The van der Waals surface area contributed by atoms with Gasteiger partial charge in [0.15, 0.2) is 5.69 Å². The minimum atomic E-state index is -0.556. The quantitative estimate of drug-likeness (QED) is 0.210. The Balaban J connectivity index is 1.53. The minimum Gasteiger partial charge on any atom is -0.488 e. The van der Waals surface area contributed by atoms with Crippen LogP contribution in [0.25, 0.3) is 11.3 Å². The van der Waals surface area contributed by atoms with Gasteiger partial charge in [0.1, 0.15) is 12.4 Å². The van der Waals surface area contributed by atoms with Gasteiger partial charge in [-0.1, -0.05) is 82.3 Å². The number of anilines is 1. The van der Waals surface area contributed by atoms with Gasteiger partial charge in [0, 0.05) is 21.5 Å². The molecule has 0 saturated heterocycles. The van der Waals surface area contributed by atoms with Crippen molar-refractivity contribution in [2.75, 3.05) is 11.1 Å². The summed E-state index contributed by atoms with van der Waals surface area (Å²) in [5, 5.41) is 12.8. The molecule has 1 aliphatic rings. The number of hydrogen-bond donors (Lipinski definition) is 1. The first kappa shape index (κ1) is 22.4. The number of halogens is 1. The van der Waals surface area contributed by atoms with E-state index < -0.39 is 6.23 Å². The van der Waals surface area contributed by atoms with E-state index in [1.165, 1.54) is 11.8 Å². The number of ether oxygens (including phenoxy) is 2. The maximum Gasteiger partial charge on any atom is 0.247 e. The second-order valence-corrected chi connectivity index (χ2v) is 9.39. The fourth-order valence-corrected chi connectivity index (χ4v) is 4.47. The normalized spacial score (nSPS) is 14.1. The van der Waals surface area contributed by atoms with E-state index in [0.29, 0.717) is 34.8 Å². The molecule has 1 atom stereocenters. The van der Waals surface area contributed by atoms with Gasteiger partial charge in [-0.3, -0.25) is 0 Å². The summed E-state index contributed by atoms with van der Waals surface area (Å²) in [6, 6.07) is 23.9. The highest BCUT2D eigenvalue weighted by atomic mass is 79.9. The van der Waals surface area contributed by atoms with Crippen molar-refractivity contribution < 1.29 is 9.47 Å². The van der Waals surface area contributed by atoms with Gasteiger partial charge in [0.25, 0.3) is 0 Å². The van der Waals surface area contributed by atoms with E-state index in [2.05, 4.69) is 43.0 Å². The van der Waals surface area contributed by atoms with Gasteiger partial charge in [-0.15, -0.1) is 16.8 Å². The molecule has 170 valence electrons. The highest BCUT2D eigenvalue weighted by Gasteiger charge is 2.28. The average molecular weight is 533 g/mol. The SMILES string of the molecule is C=CCSc1nnc2c(n1)O[C@@H](c1cc(Br)ccc1OCc1ccccc1)Nc1ccccc1-2. The van der Waals surface area contributed by atoms with E-state index in [9.17, 15) is 0 Å². The number of nitrogens with one attached hydrogen (secondary N) is 1. The van der Waals surface area contributed by atoms with Crippen molar-refractivity contribution in [2.45, 2.75) is 18.0 Å². The summed E-state index contributed by atoms with van der Waals surface area (Å²) in [7, 11) is 0. The lowest BCUT2D eigenvalue weighted by Gasteiger charge is -2.22. The Hall–Kier alpha value is -3.36. The first-order chi connectivity index (χ1) is 16.7. The molecule has 0 spiro atoms. The van der Waals surface area contributed by atoms with Crippen molar-refractivity contribution in [1.82, 2.24) is 15.2 Å². The molecule has 1 aliphatic heterocycles. The largest absolute Gasteiger partial charge is 0.488 e. The molecule has 3 aromatic carbocycles. The van der Waals surface area contributed by atoms with E-state index in [1.54, 1.807) is 6.08 Å². The lowest BCUT2D eigenvalue weighted by Crippen LogP contribution is -2.18. The van der Waals surface area contributed by atoms with E-state index in [0.717, 1.165) is 26.9 Å². The molecule has 0 unspecified atom stereocenters. The highest BCUT2D eigenvalue weighted by molar-refractivity contribution is 9.10. The Morgan fingerprint density at radius 3 is 2.74 bits per heavy atom. The number of hydrogen-bond acceptors (Lipinski definition) is 7. The summed E-state index contributed by atoms with van der Waals surface area (Å²) in [4.78, 5) is 4.66. The summed E-state index contributed by atoms with van der Waals surface area (Å²) >= 11 is 5.05. The van der Waals surface area contributed by atoms with Crippen LogP contribution in [0.4, 0.5) is 5.69 Å². The molecule has 0 bridgehead atoms. The molecule has 8 heteroatoms. The van der Waals surface area contributed by atoms with Crippen molar-refractivity contribution in [1.29, 1.82) is 0 Å². The number of rotatable bonds is 7. The van der Waals surface area contributed by atoms with Gasteiger partial charge in [0.2, 0.25) is 17.3 Å². The molecule has 6 nitrogen and oxygen atoms in total. The molecule has 2 heterocycles. The van der Waals surface area contributed by atoms with Crippen LogP contribution < -0.4 is 14.8 Å². The second kappa shape index (κ2) is 10.3. The third-order valence-corrected chi connectivity index (χ3v) is 6.48. The third kappa shape index (κ3) is 4.93. The van der Waals surface area contributed by atoms with Crippen LogP contribution >= 0.6 is 27.7 Å². The molecule has 0 amide bonds. The maximum atomic E-state index is 6.43. The van der Waals surface area contributed by atoms with Crippen molar-refractivity contribution in [2.24, 2.45) is 0 Å². The molecule has 1 aromatic heterocycles. The lowest BCUT2D eigenvalue weighted by atomic mass is 10.1. The van der Waals surface area contributed by atoms with Gasteiger partial charge in [-0.05, 0) is 29.8 Å². The highest BCUT2D eigenvalue weighted by Crippen LogP contribution is 2.41. The molecule has 4 aromatic rings. The minimum absolute atomic E-state index is 0.415. The molecule has 0 fully saturated rings. The van der Waals surface area contributed by atoms with Crippen LogP contribution in [0.15, 0.2) is 95.1 Å². The number of thioether (sulfide) groups is 1. The Bertz CT molecular complexity index is 1320. The topological polar surface area (TPSA) is 69.2 Å². The Morgan fingerprint density at radius 2 is 1.88 bits per heavy atom. The van der Waals surface area contributed by atoms with Gasteiger partial charge in [-0.2, -0.15) is 4.98 Å². The van der Waals surface area contributed by atoms with Crippen LogP contribution in [0.2, 0.25) is 0 Å². The molecule has 1 N–H and O–H groups in total. The fraction of sp³-hybridized carbons (Fsp3) is 0.115. The molecule has 34 heavy (non-hydrogen) atoms. The Labute approximate surface area is 210 Å². The molecular formula is C26H21BrN4O2S. The van der Waals surface area contributed by atoms with Gasteiger partial charge in [-0.25, -0.2) is 0 Å². The van der Waals surface area contributed by atoms with Crippen molar-refractivity contribution in [3.05, 3.63) is 101 Å². The molecule has 0 saturated carbocycles. The molecule has 0 aliphatic carbocycles. The van der Waals surface area contributed by atoms with Crippen LogP contribution in [0.3, 0.4) is 0 Å². The number of benzene rings is 3. The number of nitrogens with zero attached hydrogens (tertiary/aromatic N) is 3. The summed E-state index contributed by atoms with van der Waals surface area (Å²) in [6.45, 7) is 4.21. The number of aromatic nitrogens is 3. The fourth-order valence-electron chi connectivity index (χ4n) is 3.57. The lowest BCUT2D eigenvalue weighted by molar-refractivity contribution is 0.214. The maximum absolute atomic E-state index is 6.43.